The summed E-state index contributed by atoms with van der Waals surface area (Å²) >= 11 is 1.72. The summed E-state index contributed by atoms with van der Waals surface area (Å²) in [5, 5.41) is 17.8. The zero-order chi connectivity index (χ0) is 23.7. The van der Waals surface area contributed by atoms with Crippen molar-refractivity contribution >= 4 is 11.8 Å². The average molecular weight is 470 g/mol. The number of unbranched alkanes of at least 4 members (excludes halogenated alkanes) is 1. The Kier molecular flexibility index (Phi) is 12.7. The Bertz CT molecular complexity index is 893. The normalized spacial score (nSPS) is 11.7. The zero-order valence-electron chi connectivity index (χ0n) is 19.5. The molecule has 0 aliphatic carbocycles. The second-order valence-corrected chi connectivity index (χ2v) is 8.62. The number of ether oxygens (including phenoxy) is 2. The van der Waals surface area contributed by atoms with Crippen LogP contribution in [0.2, 0.25) is 0 Å². The minimum absolute atomic E-state index is 0.307. The maximum atomic E-state index is 9.12. The summed E-state index contributed by atoms with van der Waals surface area (Å²) in [7, 11) is 2.14. The van der Waals surface area contributed by atoms with Gasteiger partial charge < -0.3 is 24.6 Å². The third-order valence-electron chi connectivity index (χ3n) is 4.66. The van der Waals surface area contributed by atoms with E-state index in [1.54, 1.807) is 54.2 Å². The predicted octanol–water partition coefficient (Wildman–Crippen LogP) is 6.07. The zero-order valence-corrected chi connectivity index (χ0v) is 20.3. The van der Waals surface area contributed by atoms with Gasteiger partial charge in [0.25, 0.3) is 0 Å². The number of aromatic hydroxyl groups is 2. The summed E-state index contributed by atoms with van der Waals surface area (Å²) in [5.74, 6) is 3.45. The highest BCUT2D eigenvalue weighted by Crippen LogP contribution is 2.35. The molecule has 33 heavy (non-hydrogen) atoms. The summed E-state index contributed by atoms with van der Waals surface area (Å²) in [6, 6.07) is 23.9. The van der Waals surface area contributed by atoms with E-state index in [2.05, 4.69) is 18.9 Å². The molecule has 0 aromatic heterocycles. The molecule has 0 saturated heterocycles. The van der Waals surface area contributed by atoms with Crippen molar-refractivity contribution in [3.8, 4) is 23.0 Å². The van der Waals surface area contributed by atoms with Crippen molar-refractivity contribution in [2.45, 2.75) is 24.7 Å². The number of benzene rings is 3. The van der Waals surface area contributed by atoms with Gasteiger partial charge in [-0.1, -0.05) is 49.7 Å². The van der Waals surface area contributed by atoms with Gasteiger partial charge in [0.2, 0.25) is 0 Å². The number of rotatable bonds is 7. The van der Waals surface area contributed by atoms with Gasteiger partial charge >= 0.3 is 0 Å². The molecular formula is C27H35NO4S. The Morgan fingerprint density at radius 1 is 0.909 bits per heavy atom. The van der Waals surface area contributed by atoms with E-state index in [4.69, 9.17) is 19.7 Å². The molecule has 3 aromatic rings. The average Bonchev–Trinajstić information content (AvgIpc) is 2.84. The van der Waals surface area contributed by atoms with Gasteiger partial charge in [0.15, 0.2) is 0 Å². The summed E-state index contributed by atoms with van der Waals surface area (Å²) in [6.07, 6.45) is 2.52. The monoisotopic (exact) mass is 469 g/mol. The molecule has 5 nitrogen and oxygen atoms in total. The van der Waals surface area contributed by atoms with Crippen molar-refractivity contribution in [2.75, 3.05) is 39.1 Å². The van der Waals surface area contributed by atoms with Crippen LogP contribution < -0.4 is 9.47 Å². The summed E-state index contributed by atoms with van der Waals surface area (Å²) in [6.45, 7) is 5.91. The van der Waals surface area contributed by atoms with Gasteiger partial charge in [-0.15, -0.1) is 11.8 Å². The Hall–Kier alpha value is -2.83. The van der Waals surface area contributed by atoms with Crippen LogP contribution in [0.4, 0.5) is 0 Å². The molecule has 0 spiro atoms. The minimum atomic E-state index is 0.307. The summed E-state index contributed by atoms with van der Waals surface area (Å²) in [4.78, 5) is 3.35. The number of fused-ring (bicyclic) bond motifs is 1. The molecule has 0 fully saturated rings. The first-order valence-corrected chi connectivity index (χ1v) is 12.3. The topological polar surface area (TPSA) is 62.2 Å². The van der Waals surface area contributed by atoms with Crippen molar-refractivity contribution in [1.82, 2.24) is 4.90 Å². The lowest BCUT2D eigenvalue weighted by atomic mass is 10.3. The van der Waals surface area contributed by atoms with E-state index in [-0.39, 0.29) is 0 Å². The van der Waals surface area contributed by atoms with E-state index in [0.29, 0.717) is 11.5 Å². The molecule has 1 heterocycles. The van der Waals surface area contributed by atoms with E-state index >= 15 is 0 Å². The van der Waals surface area contributed by atoms with Crippen molar-refractivity contribution in [3.05, 3.63) is 78.9 Å². The van der Waals surface area contributed by atoms with Crippen LogP contribution in [0.25, 0.3) is 0 Å². The quantitative estimate of drug-likeness (QED) is 0.438. The number of phenols is 2. The van der Waals surface area contributed by atoms with Crippen LogP contribution in [0.3, 0.4) is 0 Å². The van der Waals surface area contributed by atoms with Crippen molar-refractivity contribution in [2.24, 2.45) is 0 Å². The molecule has 1 aliphatic heterocycles. The van der Waals surface area contributed by atoms with Gasteiger partial charge in [0, 0.05) is 12.3 Å². The molecule has 2 N–H and O–H groups in total. The fourth-order valence-electron chi connectivity index (χ4n) is 2.84. The third-order valence-corrected chi connectivity index (χ3v) is 5.66. The molecule has 0 radical (unpaired) electrons. The number of para-hydroxylation sites is 2. The van der Waals surface area contributed by atoms with Crippen LogP contribution in [-0.2, 0) is 0 Å². The first-order valence-electron chi connectivity index (χ1n) is 11.3. The van der Waals surface area contributed by atoms with E-state index in [0.717, 1.165) is 48.5 Å². The van der Waals surface area contributed by atoms with Crippen LogP contribution in [0.5, 0.6) is 23.0 Å². The fraction of sp³-hybridized carbons (Fsp3) is 0.333. The van der Waals surface area contributed by atoms with Crippen molar-refractivity contribution in [3.63, 3.8) is 0 Å². The van der Waals surface area contributed by atoms with Crippen LogP contribution in [0, 0.1) is 0 Å². The molecule has 6 heteroatoms. The first kappa shape index (κ1) is 26.4. The molecule has 1 aliphatic rings. The molecular weight excluding hydrogens is 434 g/mol. The molecule has 4 rings (SSSR count). The Labute approximate surface area is 202 Å². The SMILES string of the molecule is CCCCN(C)CCOc1ccccc1.Oc1ccc2c(c1)SCCO2.Oc1ccccc1. The Balaban J connectivity index is 0.000000187. The highest BCUT2D eigenvalue weighted by molar-refractivity contribution is 7.99. The van der Waals surface area contributed by atoms with Crippen molar-refractivity contribution < 1.29 is 19.7 Å². The maximum absolute atomic E-state index is 9.12. The van der Waals surface area contributed by atoms with Gasteiger partial charge in [-0.25, -0.2) is 0 Å². The summed E-state index contributed by atoms with van der Waals surface area (Å²) in [5.41, 5.74) is 0. The lowest BCUT2D eigenvalue weighted by Gasteiger charge is -2.16. The number of hydrogen-bond donors (Lipinski definition) is 2. The minimum Gasteiger partial charge on any atom is -0.508 e. The van der Waals surface area contributed by atoms with Gasteiger partial charge in [-0.2, -0.15) is 0 Å². The second-order valence-electron chi connectivity index (χ2n) is 7.48. The van der Waals surface area contributed by atoms with Gasteiger partial charge in [-0.3, -0.25) is 0 Å². The van der Waals surface area contributed by atoms with Crippen molar-refractivity contribution in [1.29, 1.82) is 0 Å². The number of phenolic OH excluding ortho intramolecular Hbond substituents is 2. The molecule has 0 amide bonds. The second kappa shape index (κ2) is 15.9. The predicted molar refractivity (Wildman–Crippen MR) is 137 cm³/mol. The van der Waals surface area contributed by atoms with E-state index in [1.165, 1.54) is 12.8 Å². The largest absolute Gasteiger partial charge is 0.508 e. The highest BCUT2D eigenvalue weighted by atomic mass is 32.2. The number of nitrogens with zero attached hydrogens (tertiary/aromatic N) is 1. The first-order chi connectivity index (χ1) is 16.1. The molecule has 0 atom stereocenters. The fourth-order valence-corrected chi connectivity index (χ4v) is 3.70. The van der Waals surface area contributed by atoms with Crippen LogP contribution in [0.15, 0.2) is 83.8 Å². The molecule has 0 unspecified atom stereocenters. The van der Waals surface area contributed by atoms with Gasteiger partial charge in [0.1, 0.15) is 29.6 Å². The third kappa shape index (κ3) is 11.6. The van der Waals surface area contributed by atoms with E-state index in [9.17, 15) is 0 Å². The number of hydrogen-bond acceptors (Lipinski definition) is 6. The van der Waals surface area contributed by atoms with Crippen LogP contribution in [-0.4, -0.2) is 54.2 Å². The van der Waals surface area contributed by atoms with Gasteiger partial charge in [0.05, 0.1) is 11.5 Å². The number of likely N-dealkylation sites (N-methyl/N-ethyl adjacent to an activating group) is 1. The van der Waals surface area contributed by atoms with Crippen LogP contribution in [0.1, 0.15) is 19.8 Å². The summed E-state index contributed by atoms with van der Waals surface area (Å²) < 4.78 is 11.0. The lowest BCUT2D eigenvalue weighted by molar-refractivity contribution is 0.235. The van der Waals surface area contributed by atoms with Crippen LogP contribution >= 0.6 is 11.8 Å². The lowest BCUT2D eigenvalue weighted by Crippen LogP contribution is -2.25. The Morgan fingerprint density at radius 2 is 1.61 bits per heavy atom. The Morgan fingerprint density at radius 3 is 2.24 bits per heavy atom. The smallest absolute Gasteiger partial charge is 0.133 e. The number of thioether (sulfide) groups is 1. The molecule has 0 bridgehead atoms. The van der Waals surface area contributed by atoms with E-state index < -0.39 is 0 Å². The molecule has 3 aromatic carbocycles. The standard InChI is InChI=1S/C13H21NO.C8H8O2S.C6H6O/c1-3-4-10-14(2)11-12-15-13-8-6-5-7-9-13;9-6-1-2-7-8(5-6)11-4-3-10-7;7-6-4-2-1-3-5-6/h5-9H,3-4,10-12H2,1-2H3;1-2,5,9H,3-4H2;1-5,7H. The molecule has 178 valence electrons. The maximum Gasteiger partial charge on any atom is 0.133 e. The highest BCUT2D eigenvalue weighted by Gasteiger charge is 2.10. The molecule has 0 saturated carbocycles. The van der Waals surface area contributed by atoms with E-state index in [1.807, 2.05) is 36.4 Å². The van der Waals surface area contributed by atoms with Gasteiger partial charge in [-0.05, 0) is 62.5 Å².